The third-order valence-electron chi connectivity index (χ3n) is 6.57. The van der Waals surface area contributed by atoms with Gasteiger partial charge in [-0.15, -0.1) is 0 Å². The van der Waals surface area contributed by atoms with Crippen molar-refractivity contribution in [3.05, 3.63) is 77.8 Å². The fraction of sp³-hybridized carbons (Fsp3) is 0.0833. The number of benzene rings is 3. The van der Waals surface area contributed by atoms with Crippen LogP contribution in [0.3, 0.4) is 0 Å². The molecule has 0 aliphatic carbocycles. The van der Waals surface area contributed by atoms with Gasteiger partial charge in [0.15, 0.2) is 0 Å². The van der Waals surface area contributed by atoms with Gasteiger partial charge in [0.2, 0.25) is 0 Å². The lowest BCUT2D eigenvalue weighted by molar-refractivity contribution is 0.464. The van der Waals surface area contributed by atoms with Crippen molar-refractivity contribution in [3.8, 4) is 23.0 Å². The number of hydrogen-bond donors (Lipinski definition) is 0. The smallest absolute Gasteiger partial charge is 0.266 e. The highest BCUT2D eigenvalue weighted by atomic mass is 28.3. The zero-order chi connectivity index (χ0) is 19.3. The Labute approximate surface area is 171 Å². The van der Waals surface area contributed by atoms with E-state index in [0.717, 1.165) is 28.5 Å². The minimum atomic E-state index is -1.67. The first kappa shape index (κ1) is 15.7. The largest absolute Gasteiger partial charge is 0.458 e. The Morgan fingerprint density at radius 2 is 1.24 bits per heavy atom. The quantitative estimate of drug-likeness (QED) is 0.402. The normalized spacial score (nSPS) is 18.1. The summed E-state index contributed by atoms with van der Waals surface area (Å²) in [4.78, 5) is 2.46. The van der Waals surface area contributed by atoms with Crippen LogP contribution in [0, 0.1) is 0 Å². The number of ether oxygens (including phenoxy) is 2. The van der Waals surface area contributed by atoms with Gasteiger partial charge in [-0.1, -0.05) is 43.1 Å². The van der Waals surface area contributed by atoms with Gasteiger partial charge in [-0.2, -0.15) is 0 Å². The molecule has 0 spiro atoms. The first-order valence-corrected chi connectivity index (χ1v) is 13.2. The molecule has 138 valence electrons. The van der Waals surface area contributed by atoms with Crippen LogP contribution < -0.4 is 30.8 Å². The van der Waals surface area contributed by atoms with E-state index in [4.69, 9.17) is 9.47 Å². The lowest BCUT2D eigenvalue weighted by Crippen LogP contribution is -2.62. The molecule has 0 saturated heterocycles. The van der Waals surface area contributed by atoms with Crippen molar-refractivity contribution in [2.45, 2.75) is 13.1 Å². The van der Waals surface area contributed by atoms with E-state index in [1.54, 1.807) is 0 Å². The van der Waals surface area contributed by atoms with Gasteiger partial charge in [-0.3, -0.25) is 0 Å². The molecule has 0 bridgehead atoms. The molecule has 0 unspecified atom stereocenters. The predicted octanol–water partition coefficient (Wildman–Crippen LogP) is 4.11. The number of hydrogen-bond acceptors (Lipinski definition) is 3. The molecule has 0 fully saturated rings. The third kappa shape index (κ3) is 1.84. The van der Waals surface area contributed by atoms with E-state index in [9.17, 15) is 0 Å². The monoisotopic (exact) mass is 391 g/mol. The van der Waals surface area contributed by atoms with Crippen LogP contribution in [0.5, 0.6) is 23.0 Å². The Bertz CT molecular complexity index is 1230. The summed E-state index contributed by atoms with van der Waals surface area (Å²) in [6, 6.07) is 19.0. The fourth-order valence-corrected chi connectivity index (χ4v) is 7.39. The lowest BCUT2D eigenvalue weighted by Gasteiger charge is -2.44. The summed E-state index contributed by atoms with van der Waals surface area (Å²) >= 11 is 0. The van der Waals surface area contributed by atoms with Crippen LogP contribution in [0.2, 0.25) is 13.1 Å². The van der Waals surface area contributed by atoms with Crippen LogP contribution in [0.1, 0.15) is 0 Å². The molecule has 4 heterocycles. The second-order valence-electron chi connectivity index (χ2n) is 8.65. The molecule has 0 aromatic heterocycles. The summed E-state index contributed by atoms with van der Waals surface area (Å²) in [5, 5.41) is 1.41. The van der Waals surface area contributed by atoms with Gasteiger partial charge < -0.3 is 14.4 Å². The molecule has 4 aliphatic heterocycles. The SMILES string of the molecule is C[Si]1(C)C=CC=C1N1c2cccc3c2B2c4c(cccc4Oc4cccc1c42)O3. The Morgan fingerprint density at radius 3 is 1.76 bits per heavy atom. The highest BCUT2D eigenvalue weighted by Crippen LogP contribution is 2.45. The number of allylic oxidation sites excluding steroid dienone is 2. The van der Waals surface area contributed by atoms with Gasteiger partial charge in [0.25, 0.3) is 6.71 Å². The minimum absolute atomic E-state index is 0.150. The van der Waals surface area contributed by atoms with E-state index in [2.05, 4.69) is 84.4 Å². The van der Waals surface area contributed by atoms with Crippen molar-refractivity contribution in [2.24, 2.45) is 0 Å². The zero-order valence-electron chi connectivity index (χ0n) is 16.3. The predicted molar refractivity (Wildman–Crippen MR) is 121 cm³/mol. The van der Waals surface area contributed by atoms with Gasteiger partial charge in [-0.25, -0.2) is 0 Å². The lowest BCUT2D eigenvalue weighted by atomic mass is 9.33. The van der Waals surface area contributed by atoms with Crippen molar-refractivity contribution in [2.75, 3.05) is 4.90 Å². The third-order valence-corrected chi connectivity index (χ3v) is 9.30. The van der Waals surface area contributed by atoms with Crippen molar-refractivity contribution >= 4 is 42.5 Å². The molecule has 0 radical (unpaired) electrons. The fourth-order valence-electron chi connectivity index (χ4n) is 5.30. The maximum absolute atomic E-state index is 6.38. The molecule has 29 heavy (non-hydrogen) atoms. The molecule has 3 nitrogen and oxygen atoms in total. The summed E-state index contributed by atoms with van der Waals surface area (Å²) < 4.78 is 12.8. The van der Waals surface area contributed by atoms with Gasteiger partial charge in [0, 0.05) is 22.2 Å². The van der Waals surface area contributed by atoms with E-state index in [1.165, 1.54) is 27.6 Å². The van der Waals surface area contributed by atoms with Crippen LogP contribution in [0.4, 0.5) is 11.4 Å². The molecule has 0 saturated carbocycles. The van der Waals surface area contributed by atoms with E-state index in [0.29, 0.717) is 0 Å². The van der Waals surface area contributed by atoms with Gasteiger partial charge in [0.05, 0.1) is 0 Å². The molecule has 7 rings (SSSR count). The molecular weight excluding hydrogens is 373 g/mol. The summed E-state index contributed by atoms with van der Waals surface area (Å²) in [7, 11) is -1.67. The molecule has 3 aromatic carbocycles. The summed E-state index contributed by atoms with van der Waals surface area (Å²) in [5.41, 5.74) is 8.54. The van der Waals surface area contributed by atoms with Crippen LogP contribution in [-0.2, 0) is 0 Å². The van der Waals surface area contributed by atoms with Crippen LogP contribution in [0.25, 0.3) is 0 Å². The van der Waals surface area contributed by atoms with Crippen molar-refractivity contribution in [1.82, 2.24) is 0 Å². The molecule has 0 amide bonds. The van der Waals surface area contributed by atoms with Gasteiger partial charge in [-0.05, 0) is 53.4 Å². The standard InChI is InChI=1S/C24H18BNO2Si/c1-29(2)14-6-13-21(29)26-15-7-3-9-17-22(15)25-23-16(26)8-4-10-18(23)28-20-12-5-11-19(27-17)24(20)25/h3-14H,1-2H3. The second kappa shape index (κ2) is 5.05. The van der Waals surface area contributed by atoms with E-state index < -0.39 is 8.07 Å². The van der Waals surface area contributed by atoms with Gasteiger partial charge in [0.1, 0.15) is 31.1 Å². The molecular formula is C24H18BNO2Si. The summed E-state index contributed by atoms with van der Waals surface area (Å²) in [5.74, 6) is 3.72. The summed E-state index contributed by atoms with van der Waals surface area (Å²) in [6.07, 6.45) is 4.51. The number of rotatable bonds is 1. The topological polar surface area (TPSA) is 21.7 Å². The number of anilines is 2. The minimum Gasteiger partial charge on any atom is -0.458 e. The Balaban J connectivity index is 1.60. The Morgan fingerprint density at radius 1 is 0.724 bits per heavy atom. The summed E-state index contributed by atoms with van der Waals surface area (Å²) in [6.45, 7) is 4.95. The maximum Gasteiger partial charge on any atom is 0.266 e. The molecule has 3 aromatic rings. The first-order valence-electron chi connectivity index (χ1n) is 10.1. The Hall–Kier alpha value is -3.18. The number of nitrogens with zero attached hydrogens (tertiary/aromatic N) is 1. The van der Waals surface area contributed by atoms with Crippen LogP contribution in [0.15, 0.2) is 77.8 Å². The first-order chi connectivity index (χ1) is 14.1. The molecule has 5 heteroatoms. The van der Waals surface area contributed by atoms with Gasteiger partial charge >= 0.3 is 0 Å². The van der Waals surface area contributed by atoms with Crippen molar-refractivity contribution in [1.29, 1.82) is 0 Å². The molecule has 0 atom stereocenters. The average molecular weight is 391 g/mol. The molecule has 0 N–H and O–H groups in total. The second-order valence-corrected chi connectivity index (χ2v) is 12.9. The van der Waals surface area contributed by atoms with Crippen LogP contribution >= 0.6 is 0 Å². The molecule has 4 aliphatic rings. The maximum atomic E-state index is 6.38. The zero-order valence-corrected chi connectivity index (χ0v) is 17.3. The Kier molecular flexibility index (Phi) is 2.74. The highest BCUT2D eigenvalue weighted by Gasteiger charge is 2.48. The van der Waals surface area contributed by atoms with Crippen molar-refractivity contribution < 1.29 is 9.47 Å². The van der Waals surface area contributed by atoms with E-state index in [-0.39, 0.29) is 6.71 Å². The highest BCUT2D eigenvalue weighted by molar-refractivity contribution is 7.01. The van der Waals surface area contributed by atoms with E-state index >= 15 is 0 Å². The van der Waals surface area contributed by atoms with E-state index in [1.807, 2.05) is 6.07 Å². The van der Waals surface area contributed by atoms with Crippen molar-refractivity contribution in [3.63, 3.8) is 0 Å². The average Bonchev–Trinajstić information content (AvgIpc) is 3.07. The van der Waals surface area contributed by atoms with Crippen LogP contribution in [-0.4, -0.2) is 14.8 Å².